The van der Waals surface area contributed by atoms with Crippen LogP contribution in [0.4, 0.5) is 0 Å². The zero-order valence-corrected chi connectivity index (χ0v) is 18.3. The van der Waals surface area contributed by atoms with Gasteiger partial charge in [-0.3, -0.25) is 19.3 Å². The van der Waals surface area contributed by atoms with E-state index in [0.29, 0.717) is 23.2 Å². The lowest BCUT2D eigenvalue weighted by atomic mass is 10.1. The molecule has 3 amide bonds. The Balaban J connectivity index is 1.45. The van der Waals surface area contributed by atoms with E-state index in [9.17, 15) is 14.4 Å². The van der Waals surface area contributed by atoms with Crippen molar-refractivity contribution < 1.29 is 19.1 Å². The molecule has 0 N–H and O–H groups in total. The minimum atomic E-state index is -0.294. The smallest absolute Gasteiger partial charge is 0.261 e. The monoisotopic (exact) mass is 428 g/mol. The number of benzene rings is 3. The summed E-state index contributed by atoms with van der Waals surface area (Å²) in [6.45, 7) is 2.58. The summed E-state index contributed by atoms with van der Waals surface area (Å²) >= 11 is 0. The molecule has 0 unspecified atom stereocenters. The number of rotatable bonds is 6. The van der Waals surface area contributed by atoms with E-state index in [-0.39, 0.29) is 24.3 Å². The van der Waals surface area contributed by atoms with Crippen molar-refractivity contribution in [1.82, 2.24) is 9.80 Å². The Kier molecular flexibility index (Phi) is 5.77. The molecule has 6 nitrogen and oxygen atoms in total. The van der Waals surface area contributed by atoms with E-state index in [2.05, 4.69) is 0 Å². The highest BCUT2D eigenvalue weighted by molar-refractivity contribution is 6.21. The second-order valence-electron chi connectivity index (χ2n) is 7.92. The number of hydrogen-bond donors (Lipinski definition) is 0. The SMILES string of the molecule is COc1ccc(C)cc1CN(C)C(=O)c1ccc(CN2C(=O)c3ccccc3C2=O)cc1. The maximum atomic E-state index is 12.9. The number of methoxy groups -OCH3 is 1. The predicted molar refractivity (Wildman–Crippen MR) is 121 cm³/mol. The fourth-order valence-electron chi connectivity index (χ4n) is 3.90. The standard InChI is InChI=1S/C26H24N2O4/c1-17-8-13-23(32-3)20(14-17)16-27(2)24(29)19-11-9-18(10-12-19)15-28-25(30)21-6-4-5-7-22(21)26(28)31/h4-14H,15-16H2,1-3H3. The molecule has 6 heteroatoms. The number of imide groups is 1. The van der Waals surface area contributed by atoms with Crippen molar-refractivity contribution in [3.05, 3.63) is 100 Å². The molecular formula is C26H24N2O4. The Morgan fingerprint density at radius 1 is 0.938 bits per heavy atom. The van der Waals surface area contributed by atoms with Crippen LogP contribution in [-0.2, 0) is 13.1 Å². The number of amides is 3. The van der Waals surface area contributed by atoms with Gasteiger partial charge < -0.3 is 9.64 Å². The minimum absolute atomic E-state index is 0.124. The van der Waals surface area contributed by atoms with E-state index in [1.165, 1.54) is 4.90 Å². The first-order valence-corrected chi connectivity index (χ1v) is 10.3. The molecule has 32 heavy (non-hydrogen) atoms. The van der Waals surface area contributed by atoms with Crippen LogP contribution in [0.15, 0.2) is 66.7 Å². The van der Waals surface area contributed by atoms with Crippen LogP contribution < -0.4 is 4.74 Å². The van der Waals surface area contributed by atoms with Crippen molar-refractivity contribution in [3.63, 3.8) is 0 Å². The van der Waals surface area contributed by atoms with Crippen LogP contribution in [0.5, 0.6) is 5.75 Å². The third kappa shape index (κ3) is 3.99. The lowest BCUT2D eigenvalue weighted by molar-refractivity contribution is 0.0641. The highest BCUT2D eigenvalue weighted by Gasteiger charge is 2.34. The summed E-state index contributed by atoms with van der Waals surface area (Å²) < 4.78 is 5.41. The lowest BCUT2D eigenvalue weighted by Crippen LogP contribution is -2.29. The lowest BCUT2D eigenvalue weighted by Gasteiger charge is -2.20. The van der Waals surface area contributed by atoms with Crippen molar-refractivity contribution in [2.45, 2.75) is 20.0 Å². The molecule has 3 aromatic rings. The van der Waals surface area contributed by atoms with Crippen LogP contribution in [-0.4, -0.2) is 41.7 Å². The largest absolute Gasteiger partial charge is 0.496 e. The van der Waals surface area contributed by atoms with Gasteiger partial charge in [0.1, 0.15) is 5.75 Å². The Labute approximate surface area is 187 Å². The molecule has 0 atom stereocenters. The molecule has 0 saturated carbocycles. The normalized spacial score (nSPS) is 12.7. The summed E-state index contributed by atoms with van der Waals surface area (Å²) in [5.74, 6) is 0.0301. The van der Waals surface area contributed by atoms with E-state index in [0.717, 1.165) is 22.4 Å². The van der Waals surface area contributed by atoms with Crippen LogP contribution in [0, 0.1) is 6.92 Å². The van der Waals surface area contributed by atoms with Gasteiger partial charge in [0.05, 0.1) is 24.8 Å². The average Bonchev–Trinajstić information content (AvgIpc) is 3.04. The number of hydrogen-bond acceptors (Lipinski definition) is 4. The second kappa shape index (κ2) is 8.67. The molecule has 0 aromatic heterocycles. The number of carbonyl (C=O) groups excluding carboxylic acids is 3. The van der Waals surface area contributed by atoms with Gasteiger partial charge in [-0.05, 0) is 42.8 Å². The number of nitrogens with zero attached hydrogens (tertiary/aromatic N) is 2. The second-order valence-corrected chi connectivity index (χ2v) is 7.92. The topological polar surface area (TPSA) is 66.9 Å². The van der Waals surface area contributed by atoms with Crippen LogP contribution in [0.2, 0.25) is 0 Å². The van der Waals surface area contributed by atoms with Gasteiger partial charge in [0.15, 0.2) is 0 Å². The Bertz CT molecular complexity index is 1170. The summed E-state index contributed by atoms with van der Waals surface area (Å²) in [5.41, 5.74) is 4.20. The van der Waals surface area contributed by atoms with Crippen molar-refractivity contribution in [2.24, 2.45) is 0 Å². The molecule has 1 aliphatic heterocycles. The van der Waals surface area contributed by atoms with Gasteiger partial charge in [-0.25, -0.2) is 0 Å². The highest BCUT2D eigenvalue weighted by Crippen LogP contribution is 2.25. The summed E-state index contributed by atoms with van der Waals surface area (Å²) in [6.07, 6.45) is 0. The van der Waals surface area contributed by atoms with Gasteiger partial charge in [0.2, 0.25) is 0 Å². The van der Waals surface area contributed by atoms with E-state index < -0.39 is 0 Å². The number of fused-ring (bicyclic) bond motifs is 1. The molecule has 0 saturated heterocycles. The van der Waals surface area contributed by atoms with Crippen LogP contribution in [0.1, 0.15) is 47.8 Å². The van der Waals surface area contributed by atoms with E-state index in [1.54, 1.807) is 67.6 Å². The van der Waals surface area contributed by atoms with Crippen molar-refractivity contribution >= 4 is 17.7 Å². The Hall–Kier alpha value is -3.93. The first-order valence-electron chi connectivity index (χ1n) is 10.3. The van der Waals surface area contributed by atoms with Crippen molar-refractivity contribution in [2.75, 3.05) is 14.2 Å². The summed E-state index contributed by atoms with van der Waals surface area (Å²) in [4.78, 5) is 40.9. The van der Waals surface area contributed by atoms with Gasteiger partial charge in [-0.1, -0.05) is 42.0 Å². The minimum Gasteiger partial charge on any atom is -0.496 e. The van der Waals surface area contributed by atoms with Gasteiger partial charge in [-0.15, -0.1) is 0 Å². The fraction of sp³-hybridized carbons (Fsp3) is 0.192. The van der Waals surface area contributed by atoms with E-state index >= 15 is 0 Å². The fourth-order valence-corrected chi connectivity index (χ4v) is 3.90. The van der Waals surface area contributed by atoms with E-state index in [1.807, 2.05) is 25.1 Å². The zero-order chi connectivity index (χ0) is 22.8. The zero-order valence-electron chi connectivity index (χ0n) is 18.3. The molecule has 0 aliphatic carbocycles. The molecule has 162 valence electrons. The van der Waals surface area contributed by atoms with Gasteiger partial charge in [-0.2, -0.15) is 0 Å². The number of ether oxygens (including phenoxy) is 1. The Morgan fingerprint density at radius 3 is 2.16 bits per heavy atom. The molecule has 1 heterocycles. The molecule has 0 bridgehead atoms. The summed E-state index contributed by atoms with van der Waals surface area (Å²) in [5, 5.41) is 0. The van der Waals surface area contributed by atoms with Gasteiger partial charge >= 0.3 is 0 Å². The molecular weight excluding hydrogens is 404 g/mol. The number of carbonyl (C=O) groups is 3. The summed E-state index contributed by atoms with van der Waals surface area (Å²) in [7, 11) is 3.36. The third-order valence-electron chi connectivity index (χ3n) is 5.61. The van der Waals surface area contributed by atoms with Crippen LogP contribution in [0.3, 0.4) is 0 Å². The van der Waals surface area contributed by atoms with Gasteiger partial charge in [0, 0.05) is 24.7 Å². The van der Waals surface area contributed by atoms with Crippen molar-refractivity contribution in [1.29, 1.82) is 0 Å². The maximum absolute atomic E-state index is 12.9. The molecule has 3 aromatic carbocycles. The highest BCUT2D eigenvalue weighted by atomic mass is 16.5. The van der Waals surface area contributed by atoms with Crippen LogP contribution in [0.25, 0.3) is 0 Å². The first kappa shape index (κ1) is 21.3. The van der Waals surface area contributed by atoms with Crippen molar-refractivity contribution in [3.8, 4) is 5.75 Å². The quantitative estimate of drug-likeness (QED) is 0.555. The number of aryl methyl sites for hydroxylation is 1. The Morgan fingerprint density at radius 2 is 1.56 bits per heavy atom. The summed E-state index contributed by atoms with van der Waals surface area (Å²) in [6, 6.07) is 19.7. The van der Waals surface area contributed by atoms with Crippen LogP contribution >= 0.6 is 0 Å². The molecule has 1 aliphatic rings. The maximum Gasteiger partial charge on any atom is 0.261 e. The third-order valence-corrected chi connectivity index (χ3v) is 5.61. The molecule has 0 radical (unpaired) electrons. The predicted octanol–water partition coefficient (Wildman–Crippen LogP) is 4.07. The molecule has 0 spiro atoms. The first-order chi connectivity index (χ1) is 15.4. The van der Waals surface area contributed by atoms with Gasteiger partial charge in [0.25, 0.3) is 17.7 Å². The van der Waals surface area contributed by atoms with E-state index in [4.69, 9.17) is 4.74 Å². The average molecular weight is 428 g/mol. The molecule has 4 rings (SSSR count). The molecule has 0 fully saturated rings.